The Morgan fingerprint density at radius 2 is 2.15 bits per heavy atom. The van der Waals surface area contributed by atoms with Gasteiger partial charge in [0.1, 0.15) is 0 Å². The molecule has 3 heteroatoms. The maximum absolute atomic E-state index is 3.37. The molecule has 0 unspecified atom stereocenters. The summed E-state index contributed by atoms with van der Waals surface area (Å²) >= 11 is 2.32. The Balaban J connectivity index is 2.37. The zero-order chi connectivity index (χ0) is 9.68. The standard InChI is InChI=1S/C10H15IN2/c1-13(2)7-6-12-10-5-3-4-9(11)8-10/h3-5,8,12H,6-7H2,1-2H3. The molecule has 0 aliphatic carbocycles. The molecular weight excluding hydrogens is 275 g/mol. The normalized spacial score (nSPS) is 10.5. The molecule has 2 nitrogen and oxygen atoms in total. The van der Waals surface area contributed by atoms with Crippen LogP contribution in [0.3, 0.4) is 0 Å². The summed E-state index contributed by atoms with van der Waals surface area (Å²) in [6, 6.07) is 8.41. The minimum atomic E-state index is 0.993. The molecule has 0 radical (unpaired) electrons. The third kappa shape index (κ3) is 4.47. The molecule has 13 heavy (non-hydrogen) atoms. The number of nitrogens with one attached hydrogen (secondary N) is 1. The van der Waals surface area contributed by atoms with Crippen LogP contribution in [0.2, 0.25) is 0 Å². The Kier molecular flexibility index (Phi) is 4.52. The van der Waals surface area contributed by atoms with Crippen molar-refractivity contribution in [3.05, 3.63) is 27.8 Å². The summed E-state index contributed by atoms with van der Waals surface area (Å²) in [6.07, 6.45) is 0. The van der Waals surface area contributed by atoms with Crippen molar-refractivity contribution in [2.24, 2.45) is 0 Å². The van der Waals surface area contributed by atoms with Gasteiger partial charge >= 0.3 is 0 Å². The van der Waals surface area contributed by atoms with Gasteiger partial charge in [0.05, 0.1) is 0 Å². The molecule has 0 aliphatic heterocycles. The fourth-order valence-electron chi connectivity index (χ4n) is 1.02. The summed E-state index contributed by atoms with van der Waals surface area (Å²) in [5.74, 6) is 0. The summed E-state index contributed by atoms with van der Waals surface area (Å²) in [5.41, 5.74) is 1.20. The molecule has 0 bridgehead atoms. The van der Waals surface area contributed by atoms with Crippen LogP contribution in [0.1, 0.15) is 0 Å². The van der Waals surface area contributed by atoms with Crippen molar-refractivity contribution in [2.45, 2.75) is 0 Å². The Bertz CT molecular complexity index is 261. The molecule has 0 aromatic heterocycles. The lowest BCUT2D eigenvalue weighted by Crippen LogP contribution is -2.20. The van der Waals surface area contributed by atoms with E-state index in [-0.39, 0.29) is 0 Å². The van der Waals surface area contributed by atoms with E-state index >= 15 is 0 Å². The van der Waals surface area contributed by atoms with Crippen LogP contribution in [0.15, 0.2) is 24.3 Å². The van der Waals surface area contributed by atoms with Crippen LogP contribution in [0.5, 0.6) is 0 Å². The molecule has 0 spiro atoms. The maximum Gasteiger partial charge on any atom is 0.0351 e. The predicted molar refractivity (Wildman–Crippen MR) is 66.2 cm³/mol. The number of hydrogen-bond donors (Lipinski definition) is 1. The molecule has 0 saturated carbocycles. The van der Waals surface area contributed by atoms with Crippen LogP contribution in [-0.2, 0) is 0 Å². The zero-order valence-corrected chi connectivity index (χ0v) is 10.2. The molecular formula is C10H15IN2. The van der Waals surface area contributed by atoms with Crippen LogP contribution in [0.25, 0.3) is 0 Å². The van der Waals surface area contributed by atoms with E-state index in [2.05, 4.69) is 71.2 Å². The molecule has 0 saturated heterocycles. The van der Waals surface area contributed by atoms with Gasteiger partial charge in [-0.15, -0.1) is 0 Å². The van der Waals surface area contributed by atoms with Gasteiger partial charge in [-0.05, 0) is 54.9 Å². The van der Waals surface area contributed by atoms with E-state index in [1.807, 2.05) is 0 Å². The number of anilines is 1. The van der Waals surface area contributed by atoms with Gasteiger partial charge in [0.15, 0.2) is 0 Å². The van der Waals surface area contributed by atoms with Gasteiger partial charge in [0.2, 0.25) is 0 Å². The molecule has 0 amide bonds. The first-order chi connectivity index (χ1) is 6.18. The van der Waals surface area contributed by atoms with Crippen LogP contribution in [-0.4, -0.2) is 32.1 Å². The number of rotatable bonds is 4. The average molecular weight is 290 g/mol. The lowest BCUT2D eigenvalue weighted by atomic mass is 10.3. The Labute approximate surface area is 93.5 Å². The molecule has 1 aromatic rings. The van der Waals surface area contributed by atoms with E-state index in [4.69, 9.17) is 0 Å². The van der Waals surface area contributed by atoms with Crippen molar-refractivity contribution in [3.8, 4) is 0 Å². The predicted octanol–water partition coefficient (Wildman–Crippen LogP) is 2.26. The van der Waals surface area contributed by atoms with E-state index in [0.29, 0.717) is 0 Å². The minimum absolute atomic E-state index is 0.993. The number of nitrogens with zero attached hydrogens (tertiary/aromatic N) is 1. The van der Waals surface area contributed by atoms with Gasteiger partial charge < -0.3 is 10.2 Å². The maximum atomic E-state index is 3.37. The summed E-state index contributed by atoms with van der Waals surface area (Å²) in [6.45, 7) is 2.05. The van der Waals surface area contributed by atoms with Crippen molar-refractivity contribution >= 4 is 28.3 Å². The van der Waals surface area contributed by atoms with Crippen LogP contribution >= 0.6 is 22.6 Å². The number of likely N-dealkylation sites (N-methyl/N-ethyl adjacent to an activating group) is 1. The average Bonchev–Trinajstić information content (AvgIpc) is 2.03. The molecule has 72 valence electrons. The molecule has 0 fully saturated rings. The third-order valence-corrected chi connectivity index (χ3v) is 2.38. The highest BCUT2D eigenvalue weighted by Gasteiger charge is 1.92. The summed E-state index contributed by atoms with van der Waals surface area (Å²) < 4.78 is 1.27. The van der Waals surface area contributed by atoms with Crippen LogP contribution < -0.4 is 5.32 Å². The second kappa shape index (κ2) is 5.44. The molecule has 1 aromatic carbocycles. The van der Waals surface area contributed by atoms with Gasteiger partial charge in [-0.3, -0.25) is 0 Å². The van der Waals surface area contributed by atoms with Crippen molar-refractivity contribution < 1.29 is 0 Å². The number of halogens is 1. The van der Waals surface area contributed by atoms with E-state index in [0.717, 1.165) is 13.1 Å². The second-order valence-electron chi connectivity index (χ2n) is 3.24. The third-order valence-electron chi connectivity index (χ3n) is 1.71. The van der Waals surface area contributed by atoms with Crippen molar-refractivity contribution in [3.63, 3.8) is 0 Å². The Hall–Kier alpha value is -0.290. The van der Waals surface area contributed by atoms with Crippen molar-refractivity contribution in [1.82, 2.24) is 4.90 Å². The van der Waals surface area contributed by atoms with Gasteiger partial charge in [-0.25, -0.2) is 0 Å². The molecule has 0 heterocycles. The second-order valence-corrected chi connectivity index (χ2v) is 4.49. The van der Waals surface area contributed by atoms with E-state index in [9.17, 15) is 0 Å². The van der Waals surface area contributed by atoms with Gasteiger partial charge in [0, 0.05) is 22.3 Å². The largest absolute Gasteiger partial charge is 0.384 e. The SMILES string of the molecule is CN(C)CCNc1cccc(I)c1. The molecule has 1 rings (SSSR count). The highest BCUT2D eigenvalue weighted by atomic mass is 127. The highest BCUT2D eigenvalue weighted by molar-refractivity contribution is 14.1. The number of benzene rings is 1. The van der Waals surface area contributed by atoms with Crippen molar-refractivity contribution in [1.29, 1.82) is 0 Å². The first-order valence-corrected chi connectivity index (χ1v) is 5.40. The lowest BCUT2D eigenvalue weighted by Gasteiger charge is -2.11. The Morgan fingerprint density at radius 1 is 1.38 bits per heavy atom. The summed E-state index contributed by atoms with van der Waals surface area (Å²) in [4.78, 5) is 2.17. The van der Waals surface area contributed by atoms with E-state index in [1.165, 1.54) is 9.26 Å². The van der Waals surface area contributed by atoms with E-state index < -0.39 is 0 Å². The smallest absolute Gasteiger partial charge is 0.0351 e. The van der Waals surface area contributed by atoms with Gasteiger partial charge in [0.25, 0.3) is 0 Å². The Morgan fingerprint density at radius 3 is 2.77 bits per heavy atom. The first kappa shape index (κ1) is 10.8. The summed E-state index contributed by atoms with van der Waals surface area (Å²) in [5, 5.41) is 3.37. The highest BCUT2D eigenvalue weighted by Crippen LogP contribution is 2.11. The number of hydrogen-bond acceptors (Lipinski definition) is 2. The lowest BCUT2D eigenvalue weighted by molar-refractivity contribution is 0.425. The minimum Gasteiger partial charge on any atom is -0.384 e. The fourth-order valence-corrected chi connectivity index (χ4v) is 1.57. The van der Waals surface area contributed by atoms with E-state index in [1.54, 1.807) is 0 Å². The van der Waals surface area contributed by atoms with Gasteiger partial charge in [-0.2, -0.15) is 0 Å². The zero-order valence-electron chi connectivity index (χ0n) is 8.05. The quantitative estimate of drug-likeness (QED) is 0.856. The molecule has 1 N–H and O–H groups in total. The van der Waals surface area contributed by atoms with Crippen LogP contribution in [0.4, 0.5) is 5.69 Å². The fraction of sp³-hybridized carbons (Fsp3) is 0.400. The first-order valence-electron chi connectivity index (χ1n) is 4.32. The van der Waals surface area contributed by atoms with Crippen LogP contribution in [0, 0.1) is 3.57 Å². The monoisotopic (exact) mass is 290 g/mol. The molecule has 0 aliphatic rings. The van der Waals surface area contributed by atoms with Crippen molar-refractivity contribution in [2.75, 3.05) is 32.5 Å². The van der Waals surface area contributed by atoms with Gasteiger partial charge in [-0.1, -0.05) is 6.07 Å². The summed E-state index contributed by atoms with van der Waals surface area (Å²) in [7, 11) is 4.16. The topological polar surface area (TPSA) is 15.3 Å². The molecule has 0 atom stereocenters.